The van der Waals surface area contributed by atoms with Crippen LogP contribution in [0, 0.1) is 0 Å². The first-order valence-corrected chi connectivity index (χ1v) is 13.3. The largest absolute Gasteiger partial charge is 0.385 e. The number of hydrogen-bond donors (Lipinski definition) is 1. The predicted octanol–water partition coefficient (Wildman–Crippen LogP) is 7.01. The topological polar surface area (TPSA) is 41.3 Å². The summed E-state index contributed by atoms with van der Waals surface area (Å²) < 4.78 is 2.23. The van der Waals surface area contributed by atoms with Crippen LogP contribution in [-0.2, 0) is 12.1 Å². The Bertz CT molecular complexity index is 1270. The minimum Gasteiger partial charge on any atom is -0.385 e. The highest BCUT2D eigenvalue weighted by Gasteiger charge is 2.33. The summed E-state index contributed by atoms with van der Waals surface area (Å²) in [5.74, 6) is 0.242. The van der Waals surface area contributed by atoms with E-state index in [2.05, 4.69) is 44.8 Å². The van der Waals surface area contributed by atoms with Gasteiger partial charge in [-0.05, 0) is 54.6 Å². The number of nitrogens with zero attached hydrogens (tertiary/aromatic N) is 3. The van der Waals surface area contributed by atoms with E-state index in [-0.39, 0.29) is 5.92 Å². The first-order valence-electron chi connectivity index (χ1n) is 12.5. The van der Waals surface area contributed by atoms with Gasteiger partial charge in [0.05, 0.1) is 33.9 Å². The highest BCUT2D eigenvalue weighted by atomic mass is 35.5. The second kappa shape index (κ2) is 11.2. The number of imidazole rings is 1. The highest BCUT2D eigenvalue weighted by Crippen LogP contribution is 2.34. The van der Waals surface area contributed by atoms with Crippen molar-refractivity contribution >= 4 is 23.2 Å². The van der Waals surface area contributed by atoms with E-state index in [9.17, 15) is 5.11 Å². The molecule has 2 heterocycles. The Kier molecular flexibility index (Phi) is 7.78. The number of hydrogen-bond acceptors (Lipinski definition) is 3. The molecule has 0 spiro atoms. The second-order valence-electron chi connectivity index (χ2n) is 9.70. The van der Waals surface area contributed by atoms with Gasteiger partial charge in [-0.3, -0.25) is 0 Å². The van der Waals surface area contributed by atoms with Gasteiger partial charge in [0, 0.05) is 25.6 Å². The van der Waals surface area contributed by atoms with E-state index in [1.54, 1.807) is 0 Å². The molecule has 0 saturated carbocycles. The van der Waals surface area contributed by atoms with Crippen molar-refractivity contribution < 1.29 is 5.11 Å². The zero-order valence-electron chi connectivity index (χ0n) is 20.2. The van der Waals surface area contributed by atoms with E-state index in [0.717, 1.165) is 62.3 Å². The van der Waals surface area contributed by atoms with Gasteiger partial charge < -0.3 is 14.6 Å². The third-order valence-corrected chi connectivity index (χ3v) is 8.14. The Morgan fingerprint density at radius 1 is 0.889 bits per heavy atom. The zero-order valence-corrected chi connectivity index (χ0v) is 21.7. The van der Waals surface area contributed by atoms with Crippen molar-refractivity contribution in [3.63, 3.8) is 0 Å². The molecule has 1 atom stereocenters. The monoisotopic (exact) mass is 519 g/mol. The van der Waals surface area contributed by atoms with Crippen LogP contribution in [0.15, 0.2) is 91.4 Å². The lowest BCUT2D eigenvalue weighted by Crippen LogP contribution is -2.43. The second-order valence-corrected chi connectivity index (χ2v) is 10.5. The first kappa shape index (κ1) is 25.0. The quantitative estimate of drug-likeness (QED) is 0.272. The molecule has 1 saturated heterocycles. The maximum absolute atomic E-state index is 11.2. The van der Waals surface area contributed by atoms with E-state index in [4.69, 9.17) is 23.2 Å². The third-order valence-electron chi connectivity index (χ3n) is 7.40. The Morgan fingerprint density at radius 2 is 1.58 bits per heavy atom. The Morgan fingerprint density at radius 3 is 2.28 bits per heavy atom. The summed E-state index contributed by atoms with van der Waals surface area (Å²) in [6, 6.07) is 26.4. The van der Waals surface area contributed by atoms with Crippen molar-refractivity contribution in [3.8, 4) is 11.3 Å². The molecule has 1 aliphatic heterocycles. The van der Waals surface area contributed by atoms with Crippen molar-refractivity contribution in [2.45, 2.75) is 37.3 Å². The molecule has 4 nitrogen and oxygen atoms in total. The molecule has 5 rings (SSSR count). The molecule has 3 aromatic carbocycles. The number of benzene rings is 3. The molecule has 186 valence electrons. The predicted molar refractivity (Wildman–Crippen MR) is 147 cm³/mol. The number of piperidine rings is 1. The standard InChI is InChI=1S/C30H31Cl2N3O/c31-27-12-11-24(19-28(27)32)25(21-35-22-33-20-29(35)23-7-3-1-4-8-23)13-16-34-17-14-30(36,15-18-34)26-9-5-2-6-10-26/h1-12,19-20,22,25,36H,13-18,21H2. The van der Waals surface area contributed by atoms with Crippen LogP contribution in [0.3, 0.4) is 0 Å². The van der Waals surface area contributed by atoms with E-state index >= 15 is 0 Å². The SMILES string of the molecule is OC1(c2ccccc2)CCN(CCC(Cn2cncc2-c2ccccc2)c2ccc(Cl)c(Cl)c2)CC1. The van der Waals surface area contributed by atoms with Gasteiger partial charge >= 0.3 is 0 Å². The molecule has 1 aliphatic rings. The van der Waals surface area contributed by atoms with Crippen molar-refractivity contribution in [3.05, 3.63) is 113 Å². The highest BCUT2D eigenvalue weighted by molar-refractivity contribution is 6.42. The Hall–Kier alpha value is -2.63. The van der Waals surface area contributed by atoms with E-state index in [1.807, 2.05) is 61.1 Å². The molecule has 1 unspecified atom stereocenters. The maximum atomic E-state index is 11.2. The molecule has 1 N–H and O–H groups in total. The summed E-state index contributed by atoms with van der Waals surface area (Å²) in [5.41, 5.74) is 3.72. The fourth-order valence-electron chi connectivity index (χ4n) is 5.20. The molecular formula is C30H31Cl2N3O. The van der Waals surface area contributed by atoms with Crippen LogP contribution in [0.4, 0.5) is 0 Å². The molecule has 0 bridgehead atoms. The molecule has 0 aliphatic carbocycles. The minimum atomic E-state index is -0.734. The van der Waals surface area contributed by atoms with Crippen molar-refractivity contribution in [2.75, 3.05) is 19.6 Å². The minimum absolute atomic E-state index is 0.242. The average molecular weight is 521 g/mol. The van der Waals surface area contributed by atoms with Gasteiger partial charge in [-0.25, -0.2) is 4.98 Å². The molecular weight excluding hydrogens is 489 g/mol. The van der Waals surface area contributed by atoms with Crippen LogP contribution in [0.2, 0.25) is 10.0 Å². The summed E-state index contributed by atoms with van der Waals surface area (Å²) >= 11 is 12.6. The zero-order chi connectivity index (χ0) is 25.0. The molecule has 4 aromatic rings. The number of likely N-dealkylation sites (tertiary alicyclic amines) is 1. The van der Waals surface area contributed by atoms with Crippen molar-refractivity contribution in [1.82, 2.24) is 14.5 Å². The van der Waals surface area contributed by atoms with E-state index < -0.39 is 5.60 Å². The van der Waals surface area contributed by atoms with Crippen LogP contribution in [0.25, 0.3) is 11.3 Å². The van der Waals surface area contributed by atoms with Gasteiger partial charge in [-0.15, -0.1) is 0 Å². The summed E-state index contributed by atoms with van der Waals surface area (Å²) in [7, 11) is 0. The summed E-state index contributed by atoms with van der Waals surface area (Å²) in [6.45, 7) is 3.49. The number of aliphatic hydroxyl groups is 1. The van der Waals surface area contributed by atoms with Crippen molar-refractivity contribution in [2.24, 2.45) is 0 Å². The molecule has 6 heteroatoms. The van der Waals surface area contributed by atoms with Crippen LogP contribution in [0.5, 0.6) is 0 Å². The van der Waals surface area contributed by atoms with E-state index in [0.29, 0.717) is 10.0 Å². The summed E-state index contributed by atoms with van der Waals surface area (Å²) in [4.78, 5) is 6.92. The maximum Gasteiger partial charge on any atom is 0.0951 e. The fourth-order valence-corrected chi connectivity index (χ4v) is 5.51. The van der Waals surface area contributed by atoms with Gasteiger partial charge in [0.2, 0.25) is 0 Å². The van der Waals surface area contributed by atoms with Crippen LogP contribution < -0.4 is 0 Å². The third kappa shape index (κ3) is 5.68. The molecule has 0 radical (unpaired) electrons. The molecule has 1 fully saturated rings. The first-order chi connectivity index (χ1) is 17.5. The van der Waals surface area contributed by atoms with Gasteiger partial charge in [0.1, 0.15) is 0 Å². The Labute approximate surface area is 223 Å². The fraction of sp³-hybridized carbons (Fsp3) is 0.300. The van der Waals surface area contributed by atoms with Crippen LogP contribution in [-0.4, -0.2) is 39.2 Å². The number of aromatic nitrogens is 2. The smallest absolute Gasteiger partial charge is 0.0951 e. The lowest BCUT2D eigenvalue weighted by molar-refractivity contribution is -0.0263. The molecule has 36 heavy (non-hydrogen) atoms. The average Bonchev–Trinajstić information content (AvgIpc) is 3.38. The van der Waals surface area contributed by atoms with Gasteiger partial charge in [-0.1, -0.05) is 89.9 Å². The number of rotatable bonds is 8. The van der Waals surface area contributed by atoms with Gasteiger partial charge in [0.15, 0.2) is 0 Å². The van der Waals surface area contributed by atoms with Crippen LogP contribution >= 0.6 is 23.2 Å². The number of halogens is 2. The lowest BCUT2D eigenvalue weighted by atomic mass is 9.84. The Balaban J connectivity index is 1.30. The van der Waals surface area contributed by atoms with Gasteiger partial charge in [-0.2, -0.15) is 0 Å². The lowest BCUT2D eigenvalue weighted by Gasteiger charge is -2.39. The van der Waals surface area contributed by atoms with Crippen molar-refractivity contribution in [1.29, 1.82) is 0 Å². The van der Waals surface area contributed by atoms with Gasteiger partial charge in [0.25, 0.3) is 0 Å². The summed E-state index contributed by atoms with van der Waals surface area (Å²) in [6.07, 6.45) is 6.29. The van der Waals surface area contributed by atoms with E-state index in [1.165, 1.54) is 5.56 Å². The summed E-state index contributed by atoms with van der Waals surface area (Å²) in [5, 5.41) is 12.4. The van der Waals surface area contributed by atoms with Crippen LogP contribution in [0.1, 0.15) is 36.3 Å². The molecule has 0 amide bonds. The normalized spacial score (nSPS) is 16.6. The molecule has 1 aromatic heterocycles.